The van der Waals surface area contributed by atoms with Crippen molar-refractivity contribution < 1.29 is 9.53 Å². The molecule has 1 aromatic rings. The number of carbonyl (C=O) groups excluding carboxylic acids is 1. The minimum atomic E-state index is 0.0741. The first-order chi connectivity index (χ1) is 13.2. The van der Waals surface area contributed by atoms with Gasteiger partial charge in [-0.1, -0.05) is 13.0 Å². The van der Waals surface area contributed by atoms with E-state index in [1.54, 1.807) is 11.3 Å². The quantitative estimate of drug-likeness (QED) is 0.414. The van der Waals surface area contributed by atoms with Crippen molar-refractivity contribution in [2.45, 2.75) is 32.7 Å². The van der Waals surface area contributed by atoms with Gasteiger partial charge in [0.15, 0.2) is 5.96 Å². The molecule has 0 spiro atoms. The standard InChI is InChI=1S/C19H33N5O2S/c1-3-8-21-18(25)7-9-22-19(20-4-2)23-15-16(17-6-5-14-27-17)24-10-12-26-13-11-24/h5-6,14,16H,3-4,7-13,15H2,1-2H3,(H,21,25)(H2,20,22,23). The lowest BCUT2D eigenvalue weighted by Gasteiger charge is -2.33. The Kier molecular flexibility index (Phi) is 10.2. The molecule has 0 radical (unpaired) electrons. The second-order valence-corrected chi connectivity index (χ2v) is 7.41. The van der Waals surface area contributed by atoms with Gasteiger partial charge in [-0.15, -0.1) is 11.3 Å². The molecule has 0 aromatic carbocycles. The van der Waals surface area contributed by atoms with Gasteiger partial charge in [0.25, 0.3) is 0 Å². The number of ether oxygens (including phenoxy) is 1. The van der Waals surface area contributed by atoms with Crippen molar-refractivity contribution in [3.05, 3.63) is 22.4 Å². The molecule has 0 bridgehead atoms. The summed E-state index contributed by atoms with van der Waals surface area (Å²) in [6.45, 7) is 10.3. The Morgan fingerprint density at radius 2 is 2.07 bits per heavy atom. The van der Waals surface area contributed by atoms with Gasteiger partial charge < -0.3 is 20.7 Å². The highest BCUT2D eigenvalue weighted by molar-refractivity contribution is 7.10. The summed E-state index contributed by atoms with van der Waals surface area (Å²) < 4.78 is 5.50. The number of morpholine rings is 1. The molecule has 2 heterocycles. The summed E-state index contributed by atoms with van der Waals surface area (Å²) in [5, 5.41) is 11.5. The van der Waals surface area contributed by atoms with E-state index < -0.39 is 0 Å². The number of aliphatic imine (C=N–C) groups is 1. The molecule has 2 rings (SSSR count). The van der Waals surface area contributed by atoms with Gasteiger partial charge in [-0.3, -0.25) is 14.7 Å². The number of guanidine groups is 1. The first kappa shape index (κ1) is 21.7. The summed E-state index contributed by atoms with van der Waals surface area (Å²) in [5.74, 6) is 0.834. The Hall–Kier alpha value is -1.64. The molecule has 1 fully saturated rings. The predicted molar refractivity (Wildman–Crippen MR) is 111 cm³/mol. The largest absolute Gasteiger partial charge is 0.379 e. The molecule has 1 amide bonds. The van der Waals surface area contributed by atoms with E-state index in [4.69, 9.17) is 9.73 Å². The lowest BCUT2D eigenvalue weighted by atomic mass is 10.2. The molecule has 1 saturated heterocycles. The Labute approximate surface area is 166 Å². The van der Waals surface area contributed by atoms with Crippen molar-refractivity contribution in [2.75, 3.05) is 52.5 Å². The van der Waals surface area contributed by atoms with E-state index in [9.17, 15) is 4.79 Å². The number of hydrogen-bond acceptors (Lipinski definition) is 5. The third-order valence-corrected chi connectivity index (χ3v) is 5.31. The second-order valence-electron chi connectivity index (χ2n) is 6.43. The van der Waals surface area contributed by atoms with E-state index in [0.29, 0.717) is 19.5 Å². The van der Waals surface area contributed by atoms with Crippen molar-refractivity contribution in [3.63, 3.8) is 0 Å². The Morgan fingerprint density at radius 3 is 2.74 bits per heavy atom. The van der Waals surface area contributed by atoms with Crippen LogP contribution in [-0.4, -0.2) is 69.2 Å². The molecule has 0 saturated carbocycles. The summed E-state index contributed by atoms with van der Waals surface area (Å²) in [7, 11) is 0. The first-order valence-electron chi connectivity index (χ1n) is 9.88. The molecule has 1 aliphatic rings. The zero-order chi connectivity index (χ0) is 19.3. The SMILES string of the molecule is CCCNC(=O)CCNC(=NCC(c1cccs1)N1CCOCC1)NCC. The van der Waals surface area contributed by atoms with Gasteiger partial charge in [0.1, 0.15) is 0 Å². The van der Waals surface area contributed by atoms with Crippen LogP contribution in [0.2, 0.25) is 0 Å². The smallest absolute Gasteiger partial charge is 0.221 e. The van der Waals surface area contributed by atoms with E-state index in [0.717, 1.165) is 51.8 Å². The van der Waals surface area contributed by atoms with Gasteiger partial charge in [-0.2, -0.15) is 0 Å². The molecule has 152 valence electrons. The molecule has 1 unspecified atom stereocenters. The molecule has 1 atom stereocenters. The van der Waals surface area contributed by atoms with Crippen molar-refractivity contribution in [1.29, 1.82) is 0 Å². The minimum Gasteiger partial charge on any atom is -0.379 e. The summed E-state index contributed by atoms with van der Waals surface area (Å²) >= 11 is 1.77. The molecule has 3 N–H and O–H groups in total. The molecule has 8 heteroatoms. The topological polar surface area (TPSA) is 78.0 Å². The monoisotopic (exact) mass is 395 g/mol. The van der Waals surface area contributed by atoms with Crippen LogP contribution in [0.1, 0.15) is 37.6 Å². The van der Waals surface area contributed by atoms with Gasteiger partial charge >= 0.3 is 0 Å². The fourth-order valence-electron chi connectivity index (χ4n) is 2.92. The van der Waals surface area contributed by atoms with Crippen LogP contribution in [0.3, 0.4) is 0 Å². The zero-order valence-electron chi connectivity index (χ0n) is 16.5. The van der Waals surface area contributed by atoms with Gasteiger partial charge in [0, 0.05) is 44.0 Å². The maximum atomic E-state index is 11.7. The summed E-state index contributed by atoms with van der Waals surface area (Å²) in [6.07, 6.45) is 1.40. The Balaban J connectivity index is 1.92. The van der Waals surface area contributed by atoms with Crippen LogP contribution in [0.5, 0.6) is 0 Å². The van der Waals surface area contributed by atoms with Gasteiger partial charge in [0.05, 0.1) is 25.8 Å². The van der Waals surface area contributed by atoms with Crippen LogP contribution in [-0.2, 0) is 9.53 Å². The molecular weight excluding hydrogens is 362 g/mol. The maximum absolute atomic E-state index is 11.7. The van der Waals surface area contributed by atoms with E-state index in [1.807, 2.05) is 13.8 Å². The molecule has 7 nitrogen and oxygen atoms in total. The number of hydrogen-bond donors (Lipinski definition) is 3. The minimum absolute atomic E-state index is 0.0741. The molecule has 1 aliphatic heterocycles. The fourth-order valence-corrected chi connectivity index (χ4v) is 3.77. The van der Waals surface area contributed by atoms with Gasteiger partial charge in [-0.05, 0) is 24.8 Å². The van der Waals surface area contributed by atoms with Crippen LogP contribution >= 0.6 is 11.3 Å². The van der Waals surface area contributed by atoms with Crippen molar-refractivity contribution >= 4 is 23.2 Å². The van der Waals surface area contributed by atoms with Crippen LogP contribution in [0, 0.1) is 0 Å². The Morgan fingerprint density at radius 1 is 1.26 bits per heavy atom. The third-order valence-electron chi connectivity index (χ3n) is 4.34. The van der Waals surface area contributed by atoms with Crippen molar-refractivity contribution in [2.24, 2.45) is 4.99 Å². The van der Waals surface area contributed by atoms with Gasteiger partial charge in [-0.25, -0.2) is 0 Å². The first-order valence-corrected chi connectivity index (χ1v) is 10.8. The summed E-state index contributed by atoms with van der Waals surface area (Å²) in [6, 6.07) is 4.53. The highest BCUT2D eigenvalue weighted by Crippen LogP contribution is 2.26. The average molecular weight is 396 g/mol. The van der Waals surface area contributed by atoms with Crippen molar-refractivity contribution in [3.8, 4) is 0 Å². The fraction of sp³-hybridized carbons (Fsp3) is 0.684. The number of amides is 1. The van der Waals surface area contributed by atoms with Crippen molar-refractivity contribution in [1.82, 2.24) is 20.9 Å². The Bertz CT molecular complexity index is 558. The highest BCUT2D eigenvalue weighted by Gasteiger charge is 2.23. The third kappa shape index (κ3) is 7.86. The molecular formula is C19H33N5O2S. The highest BCUT2D eigenvalue weighted by atomic mass is 32.1. The molecule has 0 aliphatic carbocycles. The van der Waals surface area contributed by atoms with Crippen LogP contribution in [0.15, 0.2) is 22.5 Å². The molecule has 27 heavy (non-hydrogen) atoms. The summed E-state index contributed by atoms with van der Waals surface area (Å²) in [4.78, 5) is 20.3. The van der Waals surface area contributed by atoms with E-state index in [1.165, 1.54) is 4.88 Å². The van der Waals surface area contributed by atoms with E-state index in [2.05, 4.69) is 38.4 Å². The predicted octanol–water partition coefficient (Wildman–Crippen LogP) is 1.59. The molecule has 1 aromatic heterocycles. The number of nitrogens with one attached hydrogen (secondary N) is 3. The second kappa shape index (κ2) is 12.7. The number of nitrogens with zero attached hydrogens (tertiary/aromatic N) is 2. The number of rotatable bonds is 10. The van der Waals surface area contributed by atoms with E-state index >= 15 is 0 Å². The zero-order valence-corrected chi connectivity index (χ0v) is 17.3. The van der Waals surface area contributed by atoms with Gasteiger partial charge in [0.2, 0.25) is 5.91 Å². The van der Waals surface area contributed by atoms with E-state index in [-0.39, 0.29) is 11.9 Å². The average Bonchev–Trinajstić information content (AvgIpc) is 3.22. The number of carbonyl (C=O) groups is 1. The van der Waals surface area contributed by atoms with Crippen LogP contribution < -0.4 is 16.0 Å². The number of thiophene rings is 1. The van der Waals surface area contributed by atoms with Crippen LogP contribution in [0.25, 0.3) is 0 Å². The normalized spacial score (nSPS) is 16.7. The van der Waals surface area contributed by atoms with Crippen LogP contribution in [0.4, 0.5) is 0 Å². The maximum Gasteiger partial charge on any atom is 0.221 e. The lowest BCUT2D eigenvalue weighted by molar-refractivity contribution is -0.120. The lowest BCUT2D eigenvalue weighted by Crippen LogP contribution is -2.42. The summed E-state index contributed by atoms with van der Waals surface area (Å²) in [5.41, 5.74) is 0.